The summed E-state index contributed by atoms with van der Waals surface area (Å²) in [5.41, 5.74) is 3.69. The molecule has 0 unspecified atom stereocenters. The van der Waals surface area contributed by atoms with Crippen molar-refractivity contribution in [2.75, 3.05) is 12.3 Å². The molecule has 1 N–H and O–H groups in total. The van der Waals surface area contributed by atoms with Gasteiger partial charge in [-0.25, -0.2) is 4.98 Å². The van der Waals surface area contributed by atoms with Gasteiger partial charge in [-0.05, 0) is 50.1 Å². The zero-order valence-corrected chi connectivity index (χ0v) is 18.0. The number of nitrogens with zero attached hydrogens (tertiary/aromatic N) is 1. The lowest BCUT2D eigenvalue weighted by atomic mass is 10.1. The number of halogens is 1. The Morgan fingerprint density at radius 2 is 1.93 bits per heavy atom. The monoisotopic (exact) mass is 430 g/mol. The van der Waals surface area contributed by atoms with E-state index in [-0.39, 0.29) is 17.4 Å². The predicted octanol–water partition coefficient (Wildman–Crippen LogP) is 4.22. The molecule has 0 saturated carbocycles. The van der Waals surface area contributed by atoms with Gasteiger partial charge in [0.15, 0.2) is 0 Å². The molecular formula is C22H23ClN2O3S. The molecule has 0 aliphatic heterocycles. The van der Waals surface area contributed by atoms with E-state index in [4.69, 9.17) is 16.0 Å². The Balaban J connectivity index is 1.50. The third kappa shape index (κ3) is 6.27. The Bertz CT molecular complexity index is 1020. The van der Waals surface area contributed by atoms with Crippen LogP contribution in [0.25, 0.3) is 11.5 Å². The van der Waals surface area contributed by atoms with Crippen molar-refractivity contribution in [3.63, 3.8) is 0 Å². The fourth-order valence-corrected chi connectivity index (χ4v) is 4.06. The molecule has 5 nitrogen and oxygen atoms in total. The SMILES string of the molecule is Cc1cccc(-c2nc(C[S@@](=O)CC(=O)NCCc3ccc(Cl)cc3)c(C)o2)c1. The molecule has 7 heteroatoms. The maximum Gasteiger partial charge on any atom is 0.232 e. The summed E-state index contributed by atoms with van der Waals surface area (Å²) in [4.78, 5) is 16.5. The van der Waals surface area contributed by atoms with Gasteiger partial charge in [-0.3, -0.25) is 9.00 Å². The number of aryl methyl sites for hydroxylation is 2. The van der Waals surface area contributed by atoms with Crippen LogP contribution in [0, 0.1) is 13.8 Å². The molecule has 3 rings (SSSR count). The maximum atomic E-state index is 12.4. The Kier molecular flexibility index (Phi) is 7.23. The van der Waals surface area contributed by atoms with Crippen molar-refractivity contribution < 1.29 is 13.4 Å². The first-order valence-electron chi connectivity index (χ1n) is 9.30. The minimum atomic E-state index is -1.36. The number of rotatable bonds is 8. The van der Waals surface area contributed by atoms with E-state index in [1.807, 2.05) is 55.5 Å². The number of nitrogens with one attached hydrogen (secondary N) is 1. The molecule has 2 aromatic carbocycles. The van der Waals surface area contributed by atoms with Crippen LogP contribution in [-0.4, -0.2) is 27.4 Å². The van der Waals surface area contributed by atoms with E-state index in [1.165, 1.54) is 0 Å². The summed E-state index contributed by atoms with van der Waals surface area (Å²) in [7, 11) is -1.36. The first kappa shape index (κ1) is 21.3. The van der Waals surface area contributed by atoms with Gasteiger partial charge in [0.25, 0.3) is 0 Å². The lowest BCUT2D eigenvalue weighted by Crippen LogP contribution is -2.30. The number of hydrogen-bond donors (Lipinski definition) is 1. The number of carbonyl (C=O) groups is 1. The molecule has 1 heterocycles. The number of amides is 1. The summed E-state index contributed by atoms with van der Waals surface area (Å²) in [5, 5.41) is 3.49. The molecular weight excluding hydrogens is 408 g/mol. The summed E-state index contributed by atoms with van der Waals surface area (Å²) < 4.78 is 18.1. The average Bonchev–Trinajstić information content (AvgIpc) is 3.04. The molecule has 0 aliphatic rings. The van der Waals surface area contributed by atoms with Crippen LogP contribution in [0.15, 0.2) is 52.9 Å². The second kappa shape index (κ2) is 9.85. The first-order chi connectivity index (χ1) is 13.9. The van der Waals surface area contributed by atoms with E-state index in [0.717, 1.165) is 16.7 Å². The van der Waals surface area contributed by atoms with E-state index in [1.54, 1.807) is 6.92 Å². The van der Waals surface area contributed by atoms with Gasteiger partial charge in [0, 0.05) is 27.9 Å². The molecule has 0 radical (unpaired) electrons. The van der Waals surface area contributed by atoms with Crippen molar-refractivity contribution in [2.24, 2.45) is 0 Å². The average molecular weight is 431 g/mol. The van der Waals surface area contributed by atoms with Crippen LogP contribution in [-0.2, 0) is 27.8 Å². The number of aromatic nitrogens is 1. The zero-order valence-electron chi connectivity index (χ0n) is 16.4. The molecule has 0 saturated heterocycles. The highest BCUT2D eigenvalue weighted by Crippen LogP contribution is 2.23. The topological polar surface area (TPSA) is 72.2 Å². The van der Waals surface area contributed by atoms with Crippen molar-refractivity contribution in [1.82, 2.24) is 10.3 Å². The largest absolute Gasteiger partial charge is 0.441 e. The van der Waals surface area contributed by atoms with E-state index in [9.17, 15) is 9.00 Å². The maximum absolute atomic E-state index is 12.4. The number of hydrogen-bond acceptors (Lipinski definition) is 4. The van der Waals surface area contributed by atoms with Crippen molar-refractivity contribution in [2.45, 2.75) is 26.0 Å². The molecule has 0 aliphatic carbocycles. The van der Waals surface area contributed by atoms with Gasteiger partial charge >= 0.3 is 0 Å². The van der Waals surface area contributed by atoms with Crippen molar-refractivity contribution in [3.8, 4) is 11.5 Å². The van der Waals surface area contributed by atoms with E-state index < -0.39 is 10.8 Å². The smallest absolute Gasteiger partial charge is 0.232 e. The van der Waals surface area contributed by atoms with Gasteiger partial charge in [-0.15, -0.1) is 0 Å². The fraction of sp³-hybridized carbons (Fsp3) is 0.273. The molecule has 1 atom stereocenters. The van der Waals surface area contributed by atoms with Crippen molar-refractivity contribution in [3.05, 3.63) is 76.1 Å². The van der Waals surface area contributed by atoms with Gasteiger partial charge in [0.2, 0.25) is 11.8 Å². The Hall–Kier alpha value is -2.44. The summed E-state index contributed by atoms with van der Waals surface area (Å²) in [6.45, 7) is 4.28. The Morgan fingerprint density at radius 3 is 2.66 bits per heavy atom. The second-order valence-corrected chi connectivity index (χ2v) is 8.74. The molecule has 0 spiro atoms. The van der Waals surface area contributed by atoms with E-state index >= 15 is 0 Å². The quantitative estimate of drug-likeness (QED) is 0.580. The third-order valence-electron chi connectivity index (χ3n) is 4.40. The molecule has 0 fully saturated rings. The lowest BCUT2D eigenvalue weighted by Gasteiger charge is -2.05. The van der Waals surface area contributed by atoms with Crippen LogP contribution >= 0.6 is 11.6 Å². The normalized spacial score (nSPS) is 12.0. The van der Waals surface area contributed by atoms with Crippen LogP contribution in [0.3, 0.4) is 0 Å². The van der Waals surface area contributed by atoms with Gasteiger partial charge < -0.3 is 9.73 Å². The highest BCUT2D eigenvalue weighted by atomic mass is 35.5. The number of carbonyl (C=O) groups excluding carboxylic acids is 1. The molecule has 0 bridgehead atoms. The minimum Gasteiger partial charge on any atom is -0.441 e. The molecule has 29 heavy (non-hydrogen) atoms. The third-order valence-corrected chi connectivity index (χ3v) is 5.83. The lowest BCUT2D eigenvalue weighted by molar-refractivity contribution is -0.118. The zero-order chi connectivity index (χ0) is 20.8. The summed E-state index contributed by atoms with van der Waals surface area (Å²) in [5.74, 6) is 1.01. The Labute approximate surface area is 178 Å². The van der Waals surface area contributed by atoms with Crippen LogP contribution in [0.5, 0.6) is 0 Å². The van der Waals surface area contributed by atoms with Crippen LogP contribution < -0.4 is 5.32 Å². The van der Waals surface area contributed by atoms with Gasteiger partial charge in [-0.1, -0.05) is 41.4 Å². The minimum absolute atomic E-state index is 0.0628. The molecule has 3 aromatic rings. The van der Waals surface area contributed by atoms with Gasteiger partial charge in [-0.2, -0.15) is 0 Å². The summed E-state index contributed by atoms with van der Waals surface area (Å²) in [6.07, 6.45) is 0.692. The highest BCUT2D eigenvalue weighted by molar-refractivity contribution is 7.84. The van der Waals surface area contributed by atoms with Crippen molar-refractivity contribution in [1.29, 1.82) is 0 Å². The van der Waals surface area contributed by atoms with Crippen LogP contribution in [0.4, 0.5) is 0 Å². The van der Waals surface area contributed by atoms with Crippen molar-refractivity contribution >= 4 is 28.3 Å². The van der Waals surface area contributed by atoms with E-state index in [0.29, 0.717) is 35.3 Å². The summed E-state index contributed by atoms with van der Waals surface area (Å²) >= 11 is 5.86. The van der Waals surface area contributed by atoms with Crippen LogP contribution in [0.2, 0.25) is 5.02 Å². The predicted molar refractivity (Wildman–Crippen MR) is 116 cm³/mol. The van der Waals surface area contributed by atoms with Gasteiger partial charge in [0.05, 0.1) is 11.4 Å². The first-order valence-corrected chi connectivity index (χ1v) is 11.2. The fourth-order valence-electron chi connectivity index (χ4n) is 2.86. The second-order valence-electron chi connectivity index (χ2n) is 6.85. The Morgan fingerprint density at radius 1 is 1.17 bits per heavy atom. The number of oxazole rings is 1. The molecule has 1 aromatic heterocycles. The molecule has 152 valence electrons. The highest BCUT2D eigenvalue weighted by Gasteiger charge is 2.16. The van der Waals surface area contributed by atoms with Gasteiger partial charge in [0.1, 0.15) is 11.5 Å². The summed E-state index contributed by atoms with van der Waals surface area (Å²) in [6, 6.07) is 15.3. The number of benzene rings is 2. The van der Waals surface area contributed by atoms with E-state index in [2.05, 4.69) is 10.3 Å². The van der Waals surface area contributed by atoms with Crippen LogP contribution in [0.1, 0.15) is 22.6 Å². The molecule has 1 amide bonds. The standard InChI is InChI=1S/C22H23ClN2O3S/c1-15-4-3-5-18(12-15)22-25-20(16(2)28-22)13-29(27)14-21(26)24-11-10-17-6-8-19(23)9-7-17/h3-9,12H,10-11,13-14H2,1-2H3,(H,24,26)/t29-/m1/s1.